The topological polar surface area (TPSA) is 210 Å². The second kappa shape index (κ2) is 22.0. The van der Waals surface area contributed by atoms with Gasteiger partial charge in [0.25, 0.3) is 0 Å². The third-order valence-corrected chi connectivity index (χ3v) is 15.7. The Balaban J connectivity index is 0.000000140. The zero-order valence-electron chi connectivity index (χ0n) is 41.4. The van der Waals surface area contributed by atoms with Crippen molar-refractivity contribution in [2.75, 3.05) is 6.61 Å². The standard InChI is InChI=1S/C16H20O6.2C14H18O4.C10H16O2/c1-9(2)14(18)20-8-13(17)22-16-5-10-3-11(6-16)15(19)21-12(4-10)7-16;1-8(2)12(15)18-14-5-9-3-10(6-14)13(16)17-11(4-9)7-14;1-7(2)13(15)18-12-9-3-8-4-10(6-9)14(16)17-11(12)5-8;1-8(2)10(11)12-9-6-4-3-5-7-9/h10-12H,1,3-8H2,2H3;9-11H,1,3-7H2,2H3;8-12H,1,3-6H2,2H3;9H,1,3-7H2,2H3. The molecule has 13 aliphatic rings. The number of ether oxygens (including phenoxy) is 8. The lowest BCUT2D eigenvalue weighted by Gasteiger charge is -2.45. The first-order valence-corrected chi connectivity index (χ1v) is 25.4. The molecular weight excluding hydrogens is 905 g/mol. The van der Waals surface area contributed by atoms with Crippen LogP contribution in [0.5, 0.6) is 0 Å². The van der Waals surface area contributed by atoms with Crippen LogP contribution in [0.25, 0.3) is 0 Å². The molecule has 16 nitrogen and oxygen atoms in total. The van der Waals surface area contributed by atoms with Gasteiger partial charge in [-0.15, -0.1) is 0 Å². The van der Waals surface area contributed by atoms with Gasteiger partial charge in [0.2, 0.25) is 0 Å². The average Bonchev–Trinajstić information content (AvgIpc) is 3.64. The average molecular weight is 977 g/mol. The summed E-state index contributed by atoms with van der Waals surface area (Å²) in [6, 6.07) is 0. The summed E-state index contributed by atoms with van der Waals surface area (Å²) in [6.07, 6.45) is 16.2. The molecule has 7 saturated carbocycles. The number of hydrogen-bond acceptors (Lipinski definition) is 16. The highest BCUT2D eigenvalue weighted by atomic mass is 16.6. The van der Waals surface area contributed by atoms with Crippen LogP contribution in [0.1, 0.15) is 150 Å². The Bertz CT molecular complexity index is 2130. The lowest BCUT2D eigenvalue weighted by molar-refractivity contribution is -0.180. The molecule has 70 heavy (non-hydrogen) atoms. The molecule has 6 heterocycles. The number of hydrogen-bond donors (Lipinski definition) is 0. The molecule has 6 saturated heterocycles. The minimum atomic E-state index is -0.643. The maximum absolute atomic E-state index is 12.0. The fourth-order valence-corrected chi connectivity index (χ4v) is 12.9. The van der Waals surface area contributed by atoms with E-state index in [2.05, 4.69) is 26.3 Å². The molecule has 0 spiro atoms. The molecule has 13 fully saturated rings. The minimum Gasteiger partial charge on any atom is -0.462 e. The van der Waals surface area contributed by atoms with Crippen molar-refractivity contribution < 1.29 is 76.3 Å². The van der Waals surface area contributed by atoms with Crippen LogP contribution in [0.2, 0.25) is 0 Å². The van der Waals surface area contributed by atoms with Crippen molar-refractivity contribution in [1.82, 2.24) is 0 Å². The summed E-state index contributed by atoms with van der Waals surface area (Å²) in [6.45, 7) is 20.3. The summed E-state index contributed by atoms with van der Waals surface area (Å²) in [5.41, 5.74) is 0.415. The van der Waals surface area contributed by atoms with E-state index in [0.29, 0.717) is 60.2 Å². The smallest absolute Gasteiger partial charge is 0.344 e. The Morgan fingerprint density at radius 1 is 0.514 bits per heavy atom. The van der Waals surface area contributed by atoms with E-state index in [4.69, 9.17) is 37.9 Å². The van der Waals surface area contributed by atoms with E-state index in [9.17, 15) is 38.4 Å². The van der Waals surface area contributed by atoms with E-state index < -0.39 is 29.7 Å². The van der Waals surface area contributed by atoms with Crippen molar-refractivity contribution in [3.63, 3.8) is 0 Å². The molecule has 16 heteroatoms. The van der Waals surface area contributed by atoms with Crippen LogP contribution in [0.15, 0.2) is 48.6 Å². The molecule has 13 unspecified atom stereocenters. The molecule has 13 atom stereocenters. The predicted octanol–water partition coefficient (Wildman–Crippen LogP) is 7.78. The van der Waals surface area contributed by atoms with Crippen molar-refractivity contribution in [2.24, 2.45) is 41.4 Å². The van der Waals surface area contributed by atoms with Crippen LogP contribution in [0.3, 0.4) is 0 Å². The molecule has 0 N–H and O–H groups in total. The Labute approximate surface area is 410 Å². The SMILES string of the molecule is C=C(C)C(=O)OC12CC3CC(C1)OC(=O)C(C3)C2.C=C(C)C(=O)OC1C2CC3CC(C2)C(=O)OC1C3.C=C(C)C(=O)OC1CCCCC1.C=C(C)C(=O)OCC(=O)OC12CC3CC(C1)OC(=O)C(C3)C2. The number of fused-ring (bicyclic) bond motifs is 3. The quantitative estimate of drug-likeness (QED) is 0.116. The molecule has 0 aromatic carbocycles. The fourth-order valence-electron chi connectivity index (χ4n) is 12.9. The first kappa shape index (κ1) is 52.5. The van der Waals surface area contributed by atoms with Gasteiger partial charge in [-0.1, -0.05) is 32.7 Å². The lowest BCUT2D eigenvalue weighted by Crippen LogP contribution is -2.48. The van der Waals surface area contributed by atoms with Gasteiger partial charge in [-0.2, -0.15) is 0 Å². The van der Waals surface area contributed by atoms with E-state index in [0.717, 1.165) is 77.0 Å². The highest BCUT2D eigenvalue weighted by Gasteiger charge is 2.56. The van der Waals surface area contributed by atoms with E-state index in [1.165, 1.54) is 26.2 Å². The van der Waals surface area contributed by atoms with Crippen molar-refractivity contribution >= 4 is 47.8 Å². The zero-order valence-corrected chi connectivity index (χ0v) is 41.4. The molecule has 0 aromatic rings. The van der Waals surface area contributed by atoms with Gasteiger partial charge in [0.05, 0.1) is 17.8 Å². The van der Waals surface area contributed by atoms with Gasteiger partial charge in [-0.3, -0.25) is 14.4 Å². The predicted molar refractivity (Wildman–Crippen MR) is 249 cm³/mol. The highest BCUT2D eigenvalue weighted by Crippen LogP contribution is 2.53. The lowest BCUT2D eigenvalue weighted by atomic mass is 9.65. The van der Waals surface area contributed by atoms with Gasteiger partial charge in [-0.05, 0) is 135 Å². The van der Waals surface area contributed by atoms with Crippen molar-refractivity contribution in [1.29, 1.82) is 0 Å². The van der Waals surface area contributed by atoms with Crippen molar-refractivity contribution in [3.8, 4) is 0 Å². The summed E-state index contributed by atoms with van der Waals surface area (Å²) in [5, 5.41) is 0. The van der Waals surface area contributed by atoms with Gasteiger partial charge >= 0.3 is 47.8 Å². The monoisotopic (exact) mass is 976 g/mol. The number of rotatable bonds is 10. The summed E-state index contributed by atoms with van der Waals surface area (Å²) in [4.78, 5) is 93.5. The first-order chi connectivity index (χ1) is 33.1. The number of esters is 8. The third-order valence-electron chi connectivity index (χ3n) is 15.7. The van der Waals surface area contributed by atoms with Crippen LogP contribution in [0.4, 0.5) is 0 Å². The van der Waals surface area contributed by atoms with Gasteiger partial charge < -0.3 is 37.9 Å². The fraction of sp³-hybridized carbons (Fsp3) is 0.704. The molecule has 6 aliphatic heterocycles. The van der Waals surface area contributed by atoms with Crippen LogP contribution < -0.4 is 0 Å². The molecule has 12 bridgehead atoms. The normalized spacial score (nSPS) is 35.5. The highest BCUT2D eigenvalue weighted by molar-refractivity contribution is 5.89. The van der Waals surface area contributed by atoms with Crippen LogP contribution in [-0.2, 0) is 76.3 Å². The van der Waals surface area contributed by atoms with E-state index in [-0.39, 0.29) is 95.6 Å². The van der Waals surface area contributed by atoms with Gasteiger partial charge in [0.15, 0.2) is 6.61 Å². The maximum Gasteiger partial charge on any atom is 0.344 e. The Hall–Kier alpha value is -5.28. The van der Waals surface area contributed by atoms with Gasteiger partial charge in [-0.25, -0.2) is 24.0 Å². The molecule has 7 aliphatic carbocycles. The molecule has 384 valence electrons. The van der Waals surface area contributed by atoms with E-state index >= 15 is 0 Å². The Kier molecular flexibility index (Phi) is 16.5. The second-order valence-electron chi connectivity index (χ2n) is 22.1. The molecule has 13 rings (SSSR count). The molecular formula is C54H72O16. The third kappa shape index (κ3) is 13.0. The maximum atomic E-state index is 12.0. The van der Waals surface area contributed by atoms with Crippen LogP contribution >= 0.6 is 0 Å². The van der Waals surface area contributed by atoms with E-state index in [1.54, 1.807) is 20.8 Å². The number of carbonyl (C=O) groups is 8. The van der Waals surface area contributed by atoms with Crippen molar-refractivity contribution in [3.05, 3.63) is 48.6 Å². The van der Waals surface area contributed by atoms with Crippen LogP contribution in [-0.4, -0.2) is 96.1 Å². The van der Waals surface area contributed by atoms with E-state index in [1.807, 2.05) is 0 Å². The minimum absolute atomic E-state index is 0.0206. The molecule has 0 radical (unpaired) electrons. The molecule has 0 amide bonds. The first-order valence-electron chi connectivity index (χ1n) is 25.4. The zero-order chi connectivity index (χ0) is 50.7. The Morgan fingerprint density at radius 2 is 1.01 bits per heavy atom. The summed E-state index contributed by atoms with van der Waals surface area (Å²) < 4.78 is 43.2. The van der Waals surface area contributed by atoms with Crippen LogP contribution in [0, 0.1) is 41.4 Å². The summed E-state index contributed by atoms with van der Waals surface area (Å²) >= 11 is 0. The second-order valence-corrected chi connectivity index (χ2v) is 22.1. The summed E-state index contributed by atoms with van der Waals surface area (Å²) in [5.74, 6) is -1.11. The number of carbonyl (C=O) groups excluding carboxylic acids is 8. The summed E-state index contributed by atoms with van der Waals surface area (Å²) in [7, 11) is 0. The molecule has 0 aromatic heterocycles. The largest absolute Gasteiger partial charge is 0.462 e. The Morgan fingerprint density at radius 3 is 1.56 bits per heavy atom. The van der Waals surface area contributed by atoms with Crippen molar-refractivity contribution in [2.45, 2.75) is 191 Å². The van der Waals surface area contributed by atoms with Gasteiger partial charge in [0, 0.05) is 53.9 Å². The van der Waals surface area contributed by atoms with Gasteiger partial charge in [0.1, 0.15) is 41.7 Å².